The Morgan fingerprint density at radius 3 is 2.81 bits per heavy atom. The van der Waals surface area contributed by atoms with Crippen LogP contribution in [-0.2, 0) is 4.79 Å². The zero-order valence-corrected chi connectivity index (χ0v) is 13.6. The number of likely N-dealkylation sites (N-methyl/N-ethyl adjacent to an activating group) is 1. The molecule has 0 aromatic carbocycles. The summed E-state index contributed by atoms with van der Waals surface area (Å²) in [6.07, 6.45) is 0. The van der Waals surface area contributed by atoms with E-state index in [0.717, 1.165) is 16.0 Å². The first-order valence-corrected chi connectivity index (χ1v) is 7.90. The van der Waals surface area contributed by atoms with E-state index in [9.17, 15) is 4.79 Å². The summed E-state index contributed by atoms with van der Waals surface area (Å²) in [4.78, 5) is 23.9. The minimum Gasteiger partial charge on any atom is -0.357 e. The molecule has 2 aromatic heterocycles. The highest BCUT2D eigenvalue weighted by atomic mass is 32.1. The molecule has 0 aliphatic carbocycles. The molecule has 6 nitrogen and oxygen atoms in total. The van der Waals surface area contributed by atoms with E-state index in [2.05, 4.69) is 20.6 Å². The lowest BCUT2D eigenvalue weighted by Gasteiger charge is -2.23. The third-order valence-electron chi connectivity index (χ3n) is 2.99. The molecule has 0 unspecified atom stereocenters. The predicted octanol–water partition coefficient (Wildman–Crippen LogP) is 2.08. The average molecular weight is 307 g/mol. The van der Waals surface area contributed by atoms with Gasteiger partial charge in [-0.3, -0.25) is 4.79 Å². The predicted molar refractivity (Wildman–Crippen MR) is 88.1 cm³/mol. The molecule has 0 aliphatic heterocycles. The molecule has 2 N–H and O–H groups in total. The van der Waals surface area contributed by atoms with Crippen molar-refractivity contribution in [2.24, 2.45) is 0 Å². The Labute approximate surface area is 128 Å². The van der Waals surface area contributed by atoms with Gasteiger partial charge in [-0.25, -0.2) is 4.98 Å². The highest BCUT2D eigenvalue weighted by molar-refractivity contribution is 7.16. The average Bonchev–Trinajstić information content (AvgIpc) is 2.91. The largest absolute Gasteiger partial charge is 0.357 e. The zero-order valence-electron chi connectivity index (χ0n) is 12.8. The van der Waals surface area contributed by atoms with E-state index in [-0.39, 0.29) is 11.9 Å². The van der Waals surface area contributed by atoms with Crippen LogP contribution in [0, 0.1) is 0 Å². The summed E-state index contributed by atoms with van der Waals surface area (Å²) in [6, 6.07) is 2.13. The van der Waals surface area contributed by atoms with Crippen molar-refractivity contribution < 1.29 is 4.79 Å². The number of hydrogen-bond donors (Lipinski definition) is 2. The molecule has 0 fully saturated rings. The van der Waals surface area contributed by atoms with Crippen LogP contribution in [0.25, 0.3) is 10.2 Å². The Hall–Kier alpha value is -1.89. The number of fused-ring (bicyclic) bond motifs is 1. The van der Waals surface area contributed by atoms with E-state index < -0.39 is 0 Å². The molecule has 7 heteroatoms. The normalized spacial score (nSPS) is 10.9. The first-order valence-electron chi connectivity index (χ1n) is 7.02. The van der Waals surface area contributed by atoms with Gasteiger partial charge in [0.15, 0.2) is 0 Å². The standard InChI is InChI=1S/C14H21N5OS/c1-5-19(8-11(20)16-9(2)3)12-10-6-7-21-13(10)18-14(15-4)17-12/h6-7,9H,5,8H2,1-4H3,(H,16,20)(H,15,17,18). The molecule has 2 aromatic rings. The summed E-state index contributed by atoms with van der Waals surface area (Å²) in [5.41, 5.74) is 0. The third kappa shape index (κ3) is 3.60. The van der Waals surface area contributed by atoms with Crippen molar-refractivity contribution in [3.05, 3.63) is 11.4 Å². The number of nitrogens with one attached hydrogen (secondary N) is 2. The van der Waals surface area contributed by atoms with Crippen LogP contribution in [0.1, 0.15) is 20.8 Å². The summed E-state index contributed by atoms with van der Waals surface area (Å²) >= 11 is 1.57. The Kier molecular flexibility index (Phi) is 4.95. The van der Waals surface area contributed by atoms with Gasteiger partial charge in [0.1, 0.15) is 10.6 Å². The van der Waals surface area contributed by atoms with E-state index in [1.54, 1.807) is 18.4 Å². The number of carbonyl (C=O) groups is 1. The van der Waals surface area contributed by atoms with Gasteiger partial charge in [-0.2, -0.15) is 4.98 Å². The molecule has 2 heterocycles. The van der Waals surface area contributed by atoms with Crippen molar-refractivity contribution in [1.29, 1.82) is 0 Å². The molecular formula is C14H21N5OS. The molecule has 0 saturated heterocycles. The van der Waals surface area contributed by atoms with Crippen LogP contribution in [0.5, 0.6) is 0 Å². The topological polar surface area (TPSA) is 70.2 Å². The van der Waals surface area contributed by atoms with Gasteiger partial charge in [-0.05, 0) is 32.2 Å². The number of hydrogen-bond acceptors (Lipinski definition) is 6. The van der Waals surface area contributed by atoms with Gasteiger partial charge in [-0.15, -0.1) is 11.3 Å². The molecule has 0 bridgehead atoms. The highest BCUT2D eigenvalue weighted by Gasteiger charge is 2.17. The summed E-state index contributed by atoms with van der Waals surface area (Å²) in [6.45, 7) is 6.92. The lowest BCUT2D eigenvalue weighted by atomic mass is 10.3. The number of rotatable bonds is 6. The van der Waals surface area contributed by atoms with Gasteiger partial charge < -0.3 is 15.5 Å². The van der Waals surface area contributed by atoms with E-state index in [4.69, 9.17) is 0 Å². The number of carbonyl (C=O) groups excluding carboxylic acids is 1. The minimum atomic E-state index is -0.000139. The Morgan fingerprint density at radius 1 is 1.43 bits per heavy atom. The number of nitrogens with zero attached hydrogens (tertiary/aromatic N) is 3. The monoisotopic (exact) mass is 307 g/mol. The van der Waals surface area contributed by atoms with Crippen LogP contribution in [0.15, 0.2) is 11.4 Å². The molecule has 0 atom stereocenters. The van der Waals surface area contributed by atoms with E-state index in [0.29, 0.717) is 19.0 Å². The first kappa shape index (κ1) is 15.5. The maximum absolute atomic E-state index is 12.0. The van der Waals surface area contributed by atoms with Gasteiger partial charge in [0.25, 0.3) is 0 Å². The molecule has 2 rings (SSSR count). The van der Waals surface area contributed by atoms with Crippen molar-refractivity contribution in [2.75, 3.05) is 30.4 Å². The maximum Gasteiger partial charge on any atom is 0.239 e. The van der Waals surface area contributed by atoms with Gasteiger partial charge in [-0.1, -0.05) is 0 Å². The summed E-state index contributed by atoms with van der Waals surface area (Å²) in [7, 11) is 1.79. The molecule has 21 heavy (non-hydrogen) atoms. The van der Waals surface area contributed by atoms with Crippen molar-refractivity contribution >= 4 is 39.2 Å². The number of thiophene rings is 1. The second kappa shape index (κ2) is 6.71. The van der Waals surface area contributed by atoms with Crippen LogP contribution >= 0.6 is 11.3 Å². The molecule has 1 amide bonds. The molecule has 0 saturated carbocycles. The minimum absolute atomic E-state index is 0.000139. The zero-order chi connectivity index (χ0) is 15.4. The van der Waals surface area contributed by atoms with Crippen molar-refractivity contribution in [3.63, 3.8) is 0 Å². The number of anilines is 2. The van der Waals surface area contributed by atoms with Crippen LogP contribution < -0.4 is 15.5 Å². The Morgan fingerprint density at radius 2 is 2.19 bits per heavy atom. The second-order valence-corrected chi connectivity index (χ2v) is 5.89. The van der Waals surface area contributed by atoms with Crippen molar-refractivity contribution in [2.45, 2.75) is 26.8 Å². The molecular weight excluding hydrogens is 286 g/mol. The van der Waals surface area contributed by atoms with Crippen molar-refractivity contribution in [3.8, 4) is 0 Å². The quantitative estimate of drug-likeness (QED) is 0.855. The lowest BCUT2D eigenvalue weighted by molar-refractivity contribution is -0.120. The highest BCUT2D eigenvalue weighted by Crippen LogP contribution is 2.28. The van der Waals surface area contributed by atoms with E-state index in [1.807, 2.05) is 37.1 Å². The molecule has 114 valence electrons. The van der Waals surface area contributed by atoms with Gasteiger partial charge in [0.05, 0.1) is 11.9 Å². The Balaban J connectivity index is 2.32. The van der Waals surface area contributed by atoms with Gasteiger partial charge in [0, 0.05) is 19.6 Å². The fourth-order valence-electron chi connectivity index (χ4n) is 2.07. The fraction of sp³-hybridized carbons (Fsp3) is 0.500. The van der Waals surface area contributed by atoms with Gasteiger partial charge in [0.2, 0.25) is 11.9 Å². The number of aromatic nitrogens is 2. The van der Waals surface area contributed by atoms with Crippen LogP contribution in [-0.4, -0.2) is 42.1 Å². The van der Waals surface area contributed by atoms with Crippen LogP contribution in [0.3, 0.4) is 0 Å². The molecule has 0 aliphatic rings. The maximum atomic E-state index is 12.0. The van der Waals surface area contributed by atoms with Crippen molar-refractivity contribution in [1.82, 2.24) is 15.3 Å². The lowest BCUT2D eigenvalue weighted by Crippen LogP contribution is -2.40. The number of amides is 1. The third-order valence-corrected chi connectivity index (χ3v) is 3.80. The summed E-state index contributed by atoms with van der Waals surface area (Å²) < 4.78 is 0. The molecule has 0 spiro atoms. The summed E-state index contributed by atoms with van der Waals surface area (Å²) in [5.74, 6) is 1.37. The van der Waals surface area contributed by atoms with E-state index in [1.165, 1.54) is 0 Å². The summed E-state index contributed by atoms with van der Waals surface area (Å²) in [5, 5.41) is 8.86. The van der Waals surface area contributed by atoms with Crippen LogP contribution in [0.4, 0.5) is 11.8 Å². The second-order valence-electron chi connectivity index (χ2n) is 5.00. The van der Waals surface area contributed by atoms with Gasteiger partial charge >= 0.3 is 0 Å². The van der Waals surface area contributed by atoms with E-state index >= 15 is 0 Å². The molecule has 0 radical (unpaired) electrons. The smallest absolute Gasteiger partial charge is 0.239 e. The SMILES string of the molecule is CCN(CC(=O)NC(C)C)c1nc(NC)nc2sccc12. The first-order chi connectivity index (χ1) is 10.0. The fourth-order valence-corrected chi connectivity index (χ4v) is 2.83. The van der Waals surface area contributed by atoms with Crippen LogP contribution in [0.2, 0.25) is 0 Å². The Bertz CT molecular complexity index is 625.